The molecule has 2 rings (SSSR count). The second-order valence-corrected chi connectivity index (χ2v) is 6.25. The summed E-state index contributed by atoms with van der Waals surface area (Å²) in [5.41, 5.74) is 1.45. The van der Waals surface area contributed by atoms with Crippen LogP contribution in [0.3, 0.4) is 0 Å². The monoisotopic (exact) mass is 444 g/mol. The Bertz CT molecular complexity index is 478. The Kier molecular flexibility index (Phi) is 10.3. The van der Waals surface area contributed by atoms with Crippen molar-refractivity contribution in [3.8, 4) is 0 Å². The summed E-state index contributed by atoms with van der Waals surface area (Å²) in [5, 5.41) is 3.54. The Morgan fingerprint density at radius 3 is 2.62 bits per heavy atom. The summed E-state index contributed by atoms with van der Waals surface area (Å²) in [5.74, 6) is 1.68. The standard InChI is InChI=1S/C19H32N4.HI/c1-4-13-22(5-2)15-12-21-19(20-3)23-14-11-18(16-23)17-9-7-6-8-10-17;/h6-10,18H,4-5,11-16H2,1-3H3,(H,20,21);1H. The van der Waals surface area contributed by atoms with E-state index in [9.17, 15) is 0 Å². The molecule has 0 radical (unpaired) electrons. The molecule has 1 aliphatic rings. The molecular weight excluding hydrogens is 411 g/mol. The summed E-state index contributed by atoms with van der Waals surface area (Å²) in [6.07, 6.45) is 2.43. The Morgan fingerprint density at radius 2 is 2.00 bits per heavy atom. The number of benzene rings is 1. The molecule has 1 unspecified atom stereocenters. The van der Waals surface area contributed by atoms with E-state index < -0.39 is 0 Å². The van der Waals surface area contributed by atoms with E-state index in [2.05, 4.69) is 64.3 Å². The average molecular weight is 444 g/mol. The number of guanidine groups is 1. The molecule has 24 heavy (non-hydrogen) atoms. The van der Waals surface area contributed by atoms with Gasteiger partial charge >= 0.3 is 0 Å². The summed E-state index contributed by atoms with van der Waals surface area (Å²) in [4.78, 5) is 9.36. The molecule has 1 aliphatic heterocycles. The van der Waals surface area contributed by atoms with Crippen LogP contribution in [0.5, 0.6) is 0 Å². The maximum Gasteiger partial charge on any atom is 0.193 e. The lowest BCUT2D eigenvalue weighted by Crippen LogP contribution is -2.43. The highest BCUT2D eigenvalue weighted by atomic mass is 127. The third-order valence-electron chi connectivity index (χ3n) is 4.67. The Balaban J connectivity index is 0.00000288. The van der Waals surface area contributed by atoms with Gasteiger partial charge in [0.15, 0.2) is 5.96 Å². The van der Waals surface area contributed by atoms with Crippen LogP contribution < -0.4 is 5.32 Å². The molecule has 0 amide bonds. The molecule has 0 aliphatic carbocycles. The number of aliphatic imine (C=N–C) groups is 1. The zero-order valence-electron chi connectivity index (χ0n) is 15.4. The maximum absolute atomic E-state index is 4.48. The minimum atomic E-state index is 0. The number of halogens is 1. The SMILES string of the molecule is CCCN(CC)CCNC(=NC)N1CCC(c2ccccc2)C1.I. The first-order valence-corrected chi connectivity index (χ1v) is 9.01. The molecule has 1 fully saturated rings. The van der Waals surface area contributed by atoms with Gasteiger partial charge in [0.1, 0.15) is 0 Å². The molecule has 0 spiro atoms. The van der Waals surface area contributed by atoms with Gasteiger partial charge in [-0.15, -0.1) is 24.0 Å². The molecule has 5 heteroatoms. The first-order valence-electron chi connectivity index (χ1n) is 9.01. The van der Waals surface area contributed by atoms with Gasteiger partial charge in [0.05, 0.1) is 0 Å². The van der Waals surface area contributed by atoms with Crippen LogP contribution in [0.1, 0.15) is 38.2 Å². The Labute approximate surface area is 164 Å². The average Bonchev–Trinajstić information content (AvgIpc) is 3.08. The highest BCUT2D eigenvalue weighted by Gasteiger charge is 2.25. The van der Waals surface area contributed by atoms with Crippen LogP contribution in [0.15, 0.2) is 35.3 Å². The fourth-order valence-corrected chi connectivity index (χ4v) is 3.35. The highest BCUT2D eigenvalue weighted by Crippen LogP contribution is 2.26. The van der Waals surface area contributed by atoms with Crippen molar-refractivity contribution in [1.82, 2.24) is 15.1 Å². The molecule has 4 nitrogen and oxygen atoms in total. The van der Waals surface area contributed by atoms with Crippen molar-refractivity contribution in [2.45, 2.75) is 32.6 Å². The van der Waals surface area contributed by atoms with E-state index in [1.165, 1.54) is 24.9 Å². The maximum atomic E-state index is 4.48. The van der Waals surface area contributed by atoms with Crippen LogP contribution in [0.4, 0.5) is 0 Å². The fourth-order valence-electron chi connectivity index (χ4n) is 3.35. The molecule has 0 bridgehead atoms. The topological polar surface area (TPSA) is 30.9 Å². The van der Waals surface area contributed by atoms with E-state index in [4.69, 9.17) is 0 Å². The van der Waals surface area contributed by atoms with Crippen LogP contribution >= 0.6 is 24.0 Å². The zero-order valence-corrected chi connectivity index (χ0v) is 17.7. The lowest BCUT2D eigenvalue weighted by atomic mass is 9.99. The number of likely N-dealkylation sites (N-methyl/N-ethyl adjacent to an activating group) is 1. The lowest BCUT2D eigenvalue weighted by Gasteiger charge is -2.24. The van der Waals surface area contributed by atoms with Crippen LogP contribution in [0, 0.1) is 0 Å². The van der Waals surface area contributed by atoms with Crippen LogP contribution in [-0.4, -0.2) is 62.1 Å². The van der Waals surface area contributed by atoms with Gasteiger partial charge in [-0.3, -0.25) is 4.99 Å². The summed E-state index contributed by atoms with van der Waals surface area (Å²) < 4.78 is 0. The number of nitrogens with zero attached hydrogens (tertiary/aromatic N) is 3. The predicted octanol–water partition coefficient (Wildman–Crippen LogP) is 3.40. The van der Waals surface area contributed by atoms with Gasteiger partial charge in [-0.1, -0.05) is 44.2 Å². The Morgan fingerprint density at radius 1 is 1.25 bits per heavy atom. The number of hydrogen-bond donors (Lipinski definition) is 1. The van der Waals surface area contributed by atoms with Crippen molar-refractivity contribution >= 4 is 29.9 Å². The molecule has 136 valence electrons. The first kappa shape index (κ1) is 21.2. The molecule has 1 saturated heterocycles. The second-order valence-electron chi connectivity index (χ2n) is 6.25. The van der Waals surface area contributed by atoms with Crippen LogP contribution in [-0.2, 0) is 0 Å². The quantitative estimate of drug-likeness (QED) is 0.398. The van der Waals surface area contributed by atoms with Gasteiger partial charge in [-0.25, -0.2) is 0 Å². The fraction of sp³-hybridized carbons (Fsp3) is 0.632. The molecule has 1 heterocycles. The van der Waals surface area contributed by atoms with Crippen molar-refractivity contribution in [3.63, 3.8) is 0 Å². The van der Waals surface area contributed by atoms with Gasteiger partial charge in [-0.05, 0) is 31.5 Å². The van der Waals surface area contributed by atoms with Gasteiger partial charge in [0, 0.05) is 39.1 Å². The first-order chi connectivity index (χ1) is 11.3. The number of nitrogens with one attached hydrogen (secondary N) is 1. The predicted molar refractivity (Wildman–Crippen MR) is 115 cm³/mol. The number of likely N-dealkylation sites (tertiary alicyclic amines) is 1. The third-order valence-corrected chi connectivity index (χ3v) is 4.67. The van der Waals surface area contributed by atoms with E-state index in [1.807, 2.05) is 7.05 Å². The van der Waals surface area contributed by atoms with Crippen molar-refractivity contribution < 1.29 is 0 Å². The highest BCUT2D eigenvalue weighted by molar-refractivity contribution is 14.0. The van der Waals surface area contributed by atoms with Gasteiger partial charge in [0.2, 0.25) is 0 Å². The molecule has 0 saturated carbocycles. The summed E-state index contributed by atoms with van der Waals surface area (Å²) in [6, 6.07) is 10.9. The zero-order chi connectivity index (χ0) is 16.5. The van der Waals surface area contributed by atoms with Crippen LogP contribution in [0.2, 0.25) is 0 Å². The minimum Gasteiger partial charge on any atom is -0.355 e. The van der Waals surface area contributed by atoms with Crippen LogP contribution in [0.25, 0.3) is 0 Å². The van der Waals surface area contributed by atoms with E-state index >= 15 is 0 Å². The summed E-state index contributed by atoms with van der Waals surface area (Å²) >= 11 is 0. The smallest absolute Gasteiger partial charge is 0.193 e. The number of rotatable bonds is 7. The van der Waals surface area contributed by atoms with E-state index in [0.717, 1.165) is 38.7 Å². The van der Waals surface area contributed by atoms with Crippen molar-refractivity contribution in [3.05, 3.63) is 35.9 Å². The molecule has 1 atom stereocenters. The van der Waals surface area contributed by atoms with Gasteiger partial charge in [0.25, 0.3) is 0 Å². The van der Waals surface area contributed by atoms with Gasteiger partial charge < -0.3 is 15.1 Å². The normalized spacial score (nSPS) is 17.9. The Hall–Kier alpha value is -0.820. The molecular formula is C19H33IN4. The third kappa shape index (κ3) is 6.24. The van der Waals surface area contributed by atoms with E-state index in [0.29, 0.717) is 5.92 Å². The number of hydrogen-bond acceptors (Lipinski definition) is 2. The minimum absolute atomic E-state index is 0. The molecule has 1 aromatic rings. The van der Waals surface area contributed by atoms with Crippen molar-refractivity contribution in [2.24, 2.45) is 4.99 Å². The molecule has 1 aromatic carbocycles. The van der Waals surface area contributed by atoms with Crippen molar-refractivity contribution in [2.75, 3.05) is 46.3 Å². The van der Waals surface area contributed by atoms with E-state index in [1.54, 1.807) is 0 Å². The van der Waals surface area contributed by atoms with E-state index in [-0.39, 0.29) is 24.0 Å². The second kappa shape index (κ2) is 11.7. The summed E-state index contributed by atoms with van der Waals surface area (Å²) in [6.45, 7) is 11.0. The van der Waals surface area contributed by atoms with Crippen molar-refractivity contribution in [1.29, 1.82) is 0 Å². The van der Waals surface area contributed by atoms with Gasteiger partial charge in [-0.2, -0.15) is 0 Å². The summed E-state index contributed by atoms with van der Waals surface area (Å²) in [7, 11) is 1.89. The molecule has 0 aromatic heterocycles. The largest absolute Gasteiger partial charge is 0.355 e. The lowest BCUT2D eigenvalue weighted by molar-refractivity contribution is 0.291. The molecule has 1 N–H and O–H groups in total.